The van der Waals surface area contributed by atoms with Crippen molar-refractivity contribution in [3.8, 4) is 0 Å². The Labute approximate surface area is 160 Å². The molecule has 2 aromatic rings. The van der Waals surface area contributed by atoms with Gasteiger partial charge in [-0.05, 0) is 42.7 Å². The molecule has 1 aliphatic heterocycles. The number of carbonyl (C=O) groups excluding carboxylic acids is 2. The van der Waals surface area contributed by atoms with E-state index in [0.717, 1.165) is 43.5 Å². The van der Waals surface area contributed by atoms with Crippen molar-refractivity contribution in [2.24, 2.45) is 5.92 Å². The first-order valence-electron chi connectivity index (χ1n) is 9.46. The van der Waals surface area contributed by atoms with Crippen molar-refractivity contribution in [3.63, 3.8) is 0 Å². The first-order valence-corrected chi connectivity index (χ1v) is 9.46. The average Bonchev–Trinajstić information content (AvgIpc) is 2.74. The number of hydrogen-bond donors (Lipinski definition) is 1. The highest BCUT2D eigenvalue weighted by molar-refractivity contribution is 5.79. The number of nitrogens with zero attached hydrogens (tertiary/aromatic N) is 1. The molecule has 0 aliphatic carbocycles. The average molecular weight is 366 g/mol. The van der Waals surface area contributed by atoms with E-state index < -0.39 is 0 Å². The molecule has 3 rings (SSSR count). The highest BCUT2D eigenvalue weighted by atomic mass is 16.5. The predicted molar refractivity (Wildman–Crippen MR) is 106 cm³/mol. The summed E-state index contributed by atoms with van der Waals surface area (Å²) in [4.78, 5) is 25.3. The maximum atomic E-state index is 12.3. The summed E-state index contributed by atoms with van der Waals surface area (Å²) in [6.07, 6.45) is 2.53. The van der Waals surface area contributed by atoms with Crippen molar-refractivity contribution in [1.82, 2.24) is 5.32 Å². The van der Waals surface area contributed by atoms with Crippen molar-refractivity contribution >= 4 is 17.9 Å². The Balaban J connectivity index is 1.34. The Hall–Kier alpha value is -2.66. The number of piperidine rings is 1. The molecule has 5 heteroatoms. The van der Waals surface area contributed by atoms with Gasteiger partial charge < -0.3 is 15.0 Å². The van der Waals surface area contributed by atoms with Gasteiger partial charge in [0.25, 0.3) is 0 Å². The summed E-state index contributed by atoms with van der Waals surface area (Å²) < 4.78 is 5.60. The number of carbonyl (C=O) groups is 2. The zero-order valence-electron chi connectivity index (χ0n) is 15.5. The van der Waals surface area contributed by atoms with E-state index in [1.165, 1.54) is 0 Å². The zero-order chi connectivity index (χ0) is 18.9. The summed E-state index contributed by atoms with van der Waals surface area (Å²) in [6.45, 7) is 3.33. The maximum absolute atomic E-state index is 12.3. The third-order valence-corrected chi connectivity index (χ3v) is 4.92. The van der Waals surface area contributed by atoms with Gasteiger partial charge in [-0.25, -0.2) is 0 Å². The van der Waals surface area contributed by atoms with Crippen molar-refractivity contribution in [1.29, 1.82) is 0 Å². The van der Waals surface area contributed by atoms with Gasteiger partial charge in [-0.3, -0.25) is 9.59 Å². The number of anilines is 1. The highest BCUT2D eigenvalue weighted by Crippen LogP contribution is 2.23. The van der Waals surface area contributed by atoms with Gasteiger partial charge in [0, 0.05) is 36.8 Å². The fraction of sp³-hybridized carbons (Fsp3) is 0.364. The lowest BCUT2D eigenvalue weighted by atomic mass is 9.95. The minimum absolute atomic E-state index is 0.0598. The first kappa shape index (κ1) is 19.1. The Morgan fingerprint density at radius 1 is 1.07 bits per heavy atom. The van der Waals surface area contributed by atoms with Crippen LogP contribution in [0.25, 0.3) is 0 Å². The van der Waals surface area contributed by atoms with E-state index in [-0.39, 0.29) is 11.8 Å². The van der Waals surface area contributed by atoms with E-state index in [4.69, 9.17) is 4.74 Å². The quantitative estimate of drug-likeness (QED) is 0.576. The van der Waals surface area contributed by atoms with E-state index >= 15 is 0 Å². The van der Waals surface area contributed by atoms with Crippen LogP contribution in [0.4, 0.5) is 5.69 Å². The van der Waals surface area contributed by atoms with Crippen LogP contribution in [0.5, 0.6) is 0 Å². The lowest BCUT2D eigenvalue weighted by Crippen LogP contribution is -2.41. The molecule has 2 aromatic carbocycles. The number of aldehydes is 1. The fourth-order valence-electron chi connectivity index (χ4n) is 3.32. The number of nitrogens with one attached hydrogen (secondary N) is 1. The first-order chi connectivity index (χ1) is 13.3. The molecular weight excluding hydrogens is 340 g/mol. The standard InChI is InChI=1S/C22H26N2O3/c25-16-18-6-8-21(9-7-18)24-13-10-20(11-14-24)22(26)23-12-15-27-17-19-4-2-1-3-5-19/h1-9,16,20H,10-15,17H2,(H,23,26). The van der Waals surface area contributed by atoms with Crippen LogP contribution >= 0.6 is 0 Å². The van der Waals surface area contributed by atoms with Gasteiger partial charge in [-0.1, -0.05) is 30.3 Å². The molecule has 5 nitrogen and oxygen atoms in total. The molecule has 142 valence electrons. The van der Waals surface area contributed by atoms with Crippen LogP contribution in [0.15, 0.2) is 54.6 Å². The Morgan fingerprint density at radius 3 is 2.44 bits per heavy atom. The molecular formula is C22H26N2O3. The molecule has 0 unspecified atom stereocenters. The largest absolute Gasteiger partial charge is 0.375 e. The third-order valence-electron chi connectivity index (χ3n) is 4.92. The van der Waals surface area contributed by atoms with E-state index in [2.05, 4.69) is 10.2 Å². The molecule has 1 saturated heterocycles. The molecule has 0 saturated carbocycles. The number of hydrogen-bond acceptors (Lipinski definition) is 4. The van der Waals surface area contributed by atoms with Crippen LogP contribution in [-0.4, -0.2) is 38.4 Å². The molecule has 1 aliphatic rings. The molecule has 1 fully saturated rings. The minimum atomic E-state index is 0.0598. The van der Waals surface area contributed by atoms with E-state index in [0.29, 0.717) is 25.3 Å². The van der Waals surface area contributed by atoms with E-state index in [1.54, 1.807) is 0 Å². The molecule has 0 atom stereocenters. The molecule has 0 spiro atoms. The maximum Gasteiger partial charge on any atom is 0.223 e. The molecule has 1 N–H and O–H groups in total. The van der Waals surface area contributed by atoms with E-state index in [1.807, 2.05) is 54.6 Å². The number of rotatable bonds is 8. The smallest absolute Gasteiger partial charge is 0.223 e. The predicted octanol–water partition coefficient (Wildman–Crippen LogP) is 3.05. The van der Waals surface area contributed by atoms with Gasteiger partial charge in [0.05, 0.1) is 13.2 Å². The van der Waals surface area contributed by atoms with Gasteiger partial charge >= 0.3 is 0 Å². The second-order valence-electron chi connectivity index (χ2n) is 6.80. The number of ether oxygens (including phenoxy) is 1. The third kappa shape index (κ3) is 5.66. The van der Waals surface area contributed by atoms with Gasteiger partial charge in [-0.15, -0.1) is 0 Å². The SMILES string of the molecule is O=Cc1ccc(N2CCC(C(=O)NCCOCc3ccccc3)CC2)cc1. The van der Waals surface area contributed by atoms with Crippen LogP contribution in [0.3, 0.4) is 0 Å². The molecule has 0 bridgehead atoms. The second-order valence-corrected chi connectivity index (χ2v) is 6.80. The van der Waals surface area contributed by atoms with Crippen LogP contribution in [0, 0.1) is 5.92 Å². The fourth-order valence-corrected chi connectivity index (χ4v) is 3.32. The molecule has 1 heterocycles. The van der Waals surface area contributed by atoms with Crippen LogP contribution in [-0.2, 0) is 16.1 Å². The summed E-state index contributed by atoms with van der Waals surface area (Å²) in [6, 6.07) is 17.6. The van der Waals surface area contributed by atoms with Crippen molar-refractivity contribution in [2.75, 3.05) is 31.1 Å². The van der Waals surface area contributed by atoms with Crippen molar-refractivity contribution in [3.05, 3.63) is 65.7 Å². The summed E-state index contributed by atoms with van der Waals surface area (Å²) in [7, 11) is 0. The highest BCUT2D eigenvalue weighted by Gasteiger charge is 2.24. The normalized spacial score (nSPS) is 14.7. The Morgan fingerprint density at radius 2 is 1.78 bits per heavy atom. The molecule has 1 amide bonds. The summed E-state index contributed by atoms with van der Waals surface area (Å²) in [5.74, 6) is 0.180. The number of benzene rings is 2. The molecule has 27 heavy (non-hydrogen) atoms. The lowest BCUT2D eigenvalue weighted by Gasteiger charge is -2.33. The minimum Gasteiger partial charge on any atom is -0.375 e. The second kappa shape index (κ2) is 9.88. The van der Waals surface area contributed by atoms with Gasteiger partial charge in [0.15, 0.2) is 0 Å². The van der Waals surface area contributed by atoms with Crippen molar-refractivity contribution < 1.29 is 14.3 Å². The Bertz CT molecular complexity index is 723. The summed E-state index contributed by atoms with van der Waals surface area (Å²) in [5.41, 5.74) is 2.92. The number of amides is 1. The summed E-state index contributed by atoms with van der Waals surface area (Å²) >= 11 is 0. The molecule has 0 radical (unpaired) electrons. The van der Waals surface area contributed by atoms with Gasteiger partial charge in [0.2, 0.25) is 5.91 Å². The Kier molecular flexibility index (Phi) is 6.99. The van der Waals surface area contributed by atoms with Crippen LogP contribution in [0.2, 0.25) is 0 Å². The van der Waals surface area contributed by atoms with E-state index in [9.17, 15) is 9.59 Å². The topological polar surface area (TPSA) is 58.6 Å². The van der Waals surface area contributed by atoms with Crippen molar-refractivity contribution in [2.45, 2.75) is 19.4 Å². The lowest BCUT2D eigenvalue weighted by molar-refractivity contribution is -0.125. The van der Waals surface area contributed by atoms with Crippen LogP contribution < -0.4 is 10.2 Å². The van der Waals surface area contributed by atoms with Crippen LogP contribution in [0.1, 0.15) is 28.8 Å². The molecule has 0 aromatic heterocycles. The van der Waals surface area contributed by atoms with Gasteiger partial charge in [0.1, 0.15) is 6.29 Å². The van der Waals surface area contributed by atoms with Gasteiger partial charge in [-0.2, -0.15) is 0 Å². The zero-order valence-corrected chi connectivity index (χ0v) is 15.5. The monoisotopic (exact) mass is 366 g/mol. The summed E-state index contributed by atoms with van der Waals surface area (Å²) in [5, 5.41) is 2.99.